The summed E-state index contributed by atoms with van der Waals surface area (Å²) in [6.45, 7) is 4.71. The number of rotatable bonds is 4. The highest BCUT2D eigenvalue weighted by molar-refractivity contribution is 5.78. The second-order valence-electron chi connectivity index (χ2n) is 9.96. The van der Waals surface area contributed by atoms with Gasteiger partial charge in [-0.3, -0.25) is 9.89 Å². The summed E-state index contributed by atoms with van der Waals surface area (Å²) in [5, 5.41) is 13.3. The molecule has 2 aromatic carbocycles. The zero-order chi connectivity index (χ0) is 23.1. The molecule has 0 spiro atoms. The number of aliphatic imine (C=N–C) groups is 1. The number of ether oxygens (including phenoxy) is 2. The van der Waals surface area contributed by atoms with E-state index in [1.165, 1.54) is 31.4 Å². The minimum absolute atomic E-state index is 0.0189. The highest BCUT2D eigenvalue weighted by atomic mass is 19.1. The maximum absolute atomic E-state index is 13.5. The first-order valence-electron chi connectivity index (χ1n) is 12.5. The number of benzene rings is 2. The van der Waals surface area contributed by atoms with Gasteiger partial charge in [-0.25, -0.2) is 4.39 Å². The predicted molar refractivity (Wildman–Crippen MR) is 127 cm³/mol. The minimum Gasteiger partial charge on any atom is -0.862 e. The number of hydrogen-bond acceptors (Lipinski definition) is 6. The third-order valence-electron chi connectivity index (χ3n) is 7.86. The van der Waals surface area contributed by atoms with Crippen molar-refractivity contribution in [3.8, 4) is 11.5 Å². The van der Waals surface area contributed by atoms with Crippen molar-refractivity contribution in [2.75, 3.05) is 44.3 Å². The summed E-state index contributed by atoms with van der Waals surface area (Å²) >= 11 is 0. The lowest BCUT2D eigenvalue weighted by molar-refractivity contribution is -0.228. The van der Waals surface area contributed by atoms with Crippen LogP contribution >= 0.6 is 0 Å². The van der Waals surface area contributed by atoms with E-state index in [1.807, 2.05) is 24.3 Å². The number of nitrogens with zero attached hydrogens (tertiary/aromatic N) is 3. The second-order valence-corrected chi connectivity index (χ2v) is 9.96. The van der Waals surface area contributed by atoms with Crippen LogP contribution in [-0.4, -0.2) is 62.3 Å². The van der Waals surface area contributed by atoms with Crippen LogP contribution in [0.3, 0.4) is 0 Å². The van der Waals surface area contributed by atoms with Crippen molar-refractivity contribution in [3.05, 3.63) is 53.8 Å². The van der Waals surface area contributed by atoms with Crippen LogP contribution < -0.4 is 19.5 Å². The maximum atomic E-state index is 13.5. The van der Waals surface area contributed by atoms with Gasteiger partial charge in [0.05, 0.1) is 6.04 Å². The Balaban J connectivity index is 1.29. The number of halogens is 1. The number of hydrogen-bond donors (Lipinski definition) is 0. The number of anilines is 1. The van der Waals surface area contributed by atoms with Crippen molar-refractivity contribution >= 4 is 11.6 Å². The van der Waals surface area contributed by atoms with Crippen LogP contribution in [-0.2, 0) is 6.42 Å². The minimum atomic E-state index is -0.239. The molecular formula is C27H31FN3O3-. The average Bonchev–Trinajstić information content (AvgIpc) is 3.31. The van der Waals surface area contributed by atoms with Crippen molar-refractivity contribution in [2.24, 2.45) is 16.8 Å². The van der Waals surface area contributed by atoms with E-state index in [0.717, 1.165) is 42.4 Å². The molecule has 180 valence electrons. The Kier molecular flexibility index (Phi) is 5.81. The van der Waals surface area contributed by atoms with Crippen molar-refractivity contribution in [2.45, 2.75) is 37.8 Å². The van der Waals surface area contributed by atoms with Gasteiger partial charge in [-0.05, 0) is 80.2 Å². The largest absolute Gasteiger partial charge is 0.862 e. The molecule has 4 atom stereocenters. The molecule has 0 aliphatic carbocycles. The van der Waals surface area contributed by atoms with Crippen molar-refractivity contribution in [1.29, 1.82) is 0 Å². The number of piperidine rings is 1. The van der Waals surface area contributed by atoms with E-state index in [-0.39, 0.29) is 35.6 Å². The molecule has 2 aromatic rings. The molecule has 34 heavy (non-hydrogen) atoms. The van der Waals surface area contributed by atoms with E-state index in [2.05, 4.69) is 15.9 Å². The molecule has 0 bridgehead atoms. The van der Waals surface area contributed by atoms with Gasteiger partial charge in [0.1, 0.15) is 19.0 Å². The molecule has 4 heterocycles. The lowest BCUT2D eigenvalue weighted by Gasteiger charge is -2.47. The summed E-state index contributed by atoms with van der Waals surface area (Å²) in [5.74, 6) is 1.46. The average molecular weight is 465 g/mol. The molecule has 0 saturated carbocycles. The summed E-state index contributed by atoms with van der Waals surface area (Å²) < 4.78 is 25.0. The quantitative estimate of drug-likeness (QED) is 0.697. The van der Waals surface area contributed by atoms with E-state index >= 15 is 0 Å². The van der Waals surface area contributed by atoms with Gasteiger partial charge in [0.25, 0.3) is 0 Å². The van der Waals surface area contributed by atoms with E-state index in [9.17, 15) is 9.50 Å². The first-order valence-corrected chi connectivity index (χ1v) is 12.5. The maximum Gasteiger partial charge on any atom is 0.161 e. The molecular weight excluding hydrogens is 433 g/mol. The Morgan fingerprint density at radius 2 is 1.71 bits per heavy atom. The highest BCUT2D eigenvalue weighted by Crippen LogP contribution is 2.40. The second kappa shape index (κ2) is 9.10. The van der Waals surface area contributed by atoms with Crippen LogP contribution in [0.2, 0.25) is 0 Å². The third-order valence-corrected chi connectivity index (χ3v) is 7.86. The van der Waals surface area contributed by atoms with Crippen molar-refractivity contribution in [3.63, 3.8) is 0 Å². The van der Waals surface area contributed by atoms with Gasteiger partial charge >= 0.3 is 0 Å². The summed E-state index contributed by atoms with van der Waals surface area (Å²) in [6, 6.07) is 12.9. The Labute approximate surface area is 200 Å². The van der Waals surface area contributed by atoms with Gasteiger partial charge in [0, 0.05) is 36.7 Å². The molecule has 4 aliphatic heterocycles. The van der Waals surface area contributed by atoms with Crippen LogP contribution in [0.5, 0.6) is 11.5 Å². The first-order chi connectivity index (χ1) is 16.7. The van der Waals surface area contributed by atoms with E-state index in [1.54, 1.807) is 0 Å². The number of likely N-dealkylation sites (tertiary alicyclic amines) is 1. The molecule has 2 saturated heterocycles. The molecule has 6 rings (SSSR count). The van der Waals surface area contributed by atoms with Gasteiger partial charge in [-0.1, -0.05) is 12.5 Å². The number of fused-ring (bicyclic) bond motifs is 2. The molecule has 2 fully saturated rings. The molecule has 0 radical (unpaired) electrons. The molecule has 4 unspecified atom stereocenters. The van der Waals surface area contributed by atoms with Gasteiger partial charge in [-0.15, -0.1) is 0 Å². The predicted octanol–water partition coefficient (Wildman–Crippen LogP) is 2.89. The van der Waals surface area contributed by atoms with Crippen LogP contribution in [0.1, 0.15) is 24.8 Å². The molecule has 0 N–H and O–H groups in total. The van der Waals surface area contributed by atoms with Gasteiger partial charge in [0.2, 0.25) is 0 Å². The molecule has 4 aliphatic rings. The van der Waals surface area contributed by atoms with Crippen molar-refractivity contribution in [1.82, 2.24) is 4.90 Å². The highest BCUT2D eigenvalue weighted by Gasteiger charge is 2.46. The molecule has 7 heteroatoms. The normalized spacial score (nSPS) is 29.0. The first kappa shape index (κ1) is 21.7. The van der Waals surface area contributed by atoms with E-state index in [4.69, 9.17) is 14.5 Å². The van der Waals surface area contributed by atoms with Gasteiger partial charge < -0.3 is 19.5 Å². The summed E-state index contributed by atoms with van der Waals surface area (Å²) in [4.78, 5) is 9.62. The fourth-order valence-corrected chi connectivity index (χ4v) is 6.27. The zero-order valence-electron chi connectivity index (χ0n) is 19.4. The van der Waals surface area contributed by atoms with Crippen LogP contribution in [0.15, 0.2) is 47.5 Å². The van der Waals surface area contributed by atoms with E-state index in [0.29, 0.717) is 26.2 Å². The molecule has 6 nitrogen and oxygen atoms in total. The Hall–Kier alpha value is -2.80. The zero-order valence-corrected chi connectivity index (χ0v) is 19.4. The molecule has 0 aromatic heterocycles. The lowest BCUT2D eigenvalue weighted by atomic mass is 9.78. The fraction of sp³-hybridized carbons (Fsp3) is 0.519. The van der Waals surface area contributed by atoms with Gasteiger partial charge in [-0.2, -0.15) is 0 Å². The summed E-state index contributed by atoms with van der Waals surface area (Å²) in [7, 11) is 0. The third kappa shape index (κ3) is 4.11. The van der Waals surface area contributed by atoms with Crippen LogP contribution in [0.4, 0.5) is 10.1 Å². The Morgan fingerprint density at radius 3 is 2.50 bits per heavy atom. The topological polar surface area (TPSA) is 60.4 Å². The standard InChI is InChI=1S/C27H32FN3O3/c28-19-5-7-20(8-6-19)31-16-21-22(17-31)27(32)29-23(26(21)30-10-2-1-3-11-30)14-18-4-9-24-25(15-18)34-13-12-33-24/h4-9,15,21-23,26H,1-3,10-14,16-17H2,(H,29,32)/p-1. The monoisotopic (exact) mass is 464 g/mol. The Bertz CT molecular complexity index is 1050. The van der Waals surface area contributed by atoms with E-state index < -0.39 is 0 Å². The smallest absolute Gasteiger partial charge is 0.161 e. The fourth-order valence-electron chi connectivity index (χ4n) is 6.27. The summed E-state index contributed by atoms with van der Waals surface area (Å²) in [5.41, 5.74) is 2.10. The Morgan fingerprint density at radius 1 is 0.941 bits per heavy atom. The summed E-state index contributed by atoms with van der Waals surface area (Å²) in [6.07, 6.45) is 4.37. The SMILES string of the molecule is [O-]C1=NC(Cc2ccc3c(c2)OCCO3)C(N2CCCCC2)C2CN(c3ccc(F)cc3)CC12. The van der Waals surface area contributed by atoms with Gasteiger partial charge in [0.15, 0.2) is 11.5 Å². The molecule has 0 amide bonds. The van der Waals surface area contributed by atoms with Crippen molar-refractivity contribution < 1.29 is 19.0 Å². The lowest BCUT2D eigenvalue weighted by Crippen LogP contribution is -2.57. The van der Waals surface area contributed by atoms with Crippen LogP contribution in [0, 0.1) is 17.7 Å². The van der Waals surface area contributed by atoms with Crippen LogP contribution in [0.25, 0.3) is 0 Å².